The first-order valence-corrected chi connectivity index (χ1v) is 10.3. The Bertz CT molecular complexity index is 791. The maximum Gasteiger partial charge on any atom is 0.146 e. The topological polar surface area (TPSA) is 52.3 Å². The highest BCUT2D eigenvalue weighted by molar-refractivity contribution is 5.48. The summed E-state index contributed by atoms with van der Waals surface area (Å²) < 4.78 is 24.9. The Labute approximate surface area is 171 Å². The lowest BCUT2D eigenvalue weighted by atomic mass is 9.99. The number of hydrogen-bond acceptors (Lipinski definition) is 6. The standard InChI is InChI=1S/C22H30FN3O3/c1-28-16-18-7-6-17(29-18)14-24-9-8-21(22(27)15-24)26-12-10-25(11-13-26)20-5-3-2-4-19(20)23/h2-7,21-22,27H,8-16H2,1H3/t21-,22-/m0/s1. The number of piperidine rings is 1. The second-order valence-corrected chi connectivity index (χ2v) is 7.93. The number of aliphatic hydroxyl groups is 1. The van der Waals surface area contributed by atoms with Crippen LogP contribution in [0.5, 0.6) is 0 Å². The lowest BCUT2D eigenvalue weighted by Gasteiger charge is -2.45. The first-order valence-electron chi connectivity index (χ1n) is 10.3. The number of likely N-dealkylation sites (tertiary alicyclic amines) is 1. The van der Waals surface area contributed by atoms with Crippen LogP contribution < -0.4 is 4.90 Å². The summed E-state index contributed by atoms with van der Waals surface area (Å²) in [5, 5.41) is 10.8. The third-order valence-corrected chi connectivity index (χ3v) is 5.99. The largest absolute Gasteiger partial charge is 0.462 e. The van der Waals surface area contributed by atoms with Gasteiger partial charge in [-0.05, 0) is 30.7 Å². The van der Waals surface area contributed by atoms with Crippen molar-refractivity contribution in [2.75, 3.05) is 51.3 Å². The highest BCUT2D eigenvalue weighted by atomic mass is 19.1. The van der Waals surface area contributed by atoms with Gasteiger partial charge in [0.1, 0.15) is 23.9 Å². The highest BCUT2D eigenvalue weighted by Gasteiger charge is 2.34. The molecule has 158 valence electrons. The number of ether oxygens (including phenoxy) is 1. The molecular weight excluding hydrogens is 373 g/mol. The molecule has 0 spiro atoms. The maximum atomic E-state index is 14.0. The van der Waals surface area contributed by atoms with Crippen molar-refractivity contribution in [1.82, 2.24) is 9.80 Å². The highest BCUT2D eigenvalue weighted by Crippen LogP contribution is 2.24. The van der Waals surface area contributed by atoms with Crippen LogP contribution in [-0.4, -0.2) is 73.4 Å². The van der Waals surface area contributed by atoms with Gasteiger partial charge in [0.2, 0.25) is 0 Å². The van der Waals surface area contributed by atoms with Crippen molar-refractivity contribution in [1.29, 1.82) is 0 Å². The zero-order chi connectivity index (χ0) is 20.2. The van der Waals surface area contributed by atoms with Gasteiger partial charge >= 0.3 is 0 Å². The number of methoxy groups -OCH3 is 1. The van der Waals surface area contributed by atoms with E-state index < -0.39 is 6.10 Å². The monoisotopic (exact) mass is 403 g/mol. The van der Waals surface area contributed by atoms with Crippen LogP contribution in [0.25, 0.3) is 0 Å². The number of para-hydroxylation sites is 1. The van der Waals surface area contributed by atoms with Crippen LogP contribution in [0.3, 0.4) is 0 Å². The molecule has 0 bridgehead atoms. The molecule has 1 aromatic carbocycles. The summed E-state index contributed by atoms with van der Waals surface area (Å²) in [5.41, 5.74) is 0.675. The molecule has 2 atom stereocenters. The zero-order valence-electron chi connectivity index (χ0n) is 17.0. The van der Waals surface area contributed by atoms with Gasteiger partial charge in [-0.2, -0.15) is 0 Å². The Morgan fingerprint density at radius 2 is 1.83 bits per heavy atom. The molecule has 2 aliphatic heterocycles. The summed E-state index contributed by atoms with van der Waals surface area (Å²) >= 11 is 0. The molecule has 0 amide bonds. The maximum absolute atomic E-state index is 14.0. The molecule has 2 aliphatic rings. The van der Waals surface area contributed by atoms with E-state index in [1.165, 1.54) is 6.07 Å². The predicted molar refractivity (Wildman–Crippen MR) is 109 cm³/mol. The molecule has 4 rings (SSSR count). The third kappa shape index (κ3) is 4.80. The van der Waals surface area contributed by atoms with Gasteiger partial charge in [0.05, 0.1) is 18.3 Å². The number of rotatable bonds is 6. The van der Waals surface area contributed by atoms with Crippen LogP contribution in [0.15, 0.2) is 40.8 Å². The van der Waals surface area contributed by atoms with Crippen molar-refractivity contribution in [2.24, 2.45) is 0 Å². The van der Waals surface area contributed by atoms with Gasteiger partial charge < -0.3 is 19.2 Å². The van der Waals surface area contributed by atoms with Crippen molar-refractivity contribution in [3.63, 3.8) is 0 Å². The van der Waals surface area contributed by atoms with E-state index >= 15 is 0 Å². The fraction of sp³-hybridized carbons (Fsp3) is 0.545. The number of piperazine rings is 1. The fourth-order valence-corrected chi connectivity index (χ4v) is 4.50. The summed E-state index contributed by atoms with van der Waals surface area (Å²) in [6.07, 6.45) is 0.532. The first kappa shape index (κ1) is 20.3. The molecule has 6 nitrogen and oxygen atoms in total. The van der Waals surface area contributed by atoms with Gasteiger partial charge in [-0.3, -0.25) is 9.80 Å². The molecule has 0 saturated carbocycles. The molecule has 7 heteroatoms. The number of benzene rings is 1. The number of hydrogen-bond donors (Lipinski definition) is 1. The smallest absolute Gasteiger partial charge is 0.146 e. The van der Waals surface area contributed by atoms with Crippen LogP contribution in [0.4, 0.5) is 10.1 Å². The zero-order valence-corrected chi connectivity index (χ0v) is 17.0. The van der Waals surface area contributed by atoms with Crippen molar-refractivity contribution < 1.29 is 18.7 Å². The molecule has 2 aromatic rings. The lowest BCUT2D eigenvalue weighted by molar-refractivity contribution is -0.0188. The van der Waals surface area contributed by atoms with Crippen molar-refractivity contribution >= 4 is 5.69 Å². The molecule has 2 saturated heterocycles. The van der Waals surface area contributed by atoms with E-state index in [0.29, 0.717) is 25.4 Å². The number of furan rings is 1. The minimum Gasteiger partial charge on any atom is -0.462 e. The Kier molecular flexibility index (Phi) is 6.50. The van der Waals surface area contributed by atoms with Gasteiger partial charge in [-0.1, -0.05) is 12.1 Å². The van der Waals surface area contributed by atoms with Crippen LogP contribution in [0.2, 0.25) is 0 Å². The van der Waals surface area contributed by atoms with E-state index in [1.54, 1.807) is 13.2 Å². The molecule has 2 fully saturated rings. The van der Waals surface area contributed by atoms with E-state index in [1.807, 2.05) is 24.3 Å². The molecule has 3 heterocycles. The average Bonchev–Trinajstić information content (AvgIpc) is 3.16. The predicted octanol–water partition coefficient (Wildman–Crippen LogP) is 2.32. The lowest BCUT2D eigenvalue weighted by Crippen LogP contribution is -2.58. The molecular formula is C22H30FN3O3. The molecule has 1 aromatic heterocycles. The summed E-state index contributed by atoms with van der Waals surface area (Å²) in [5.74, 6) is 1.56. The van der Waals surface area contributed by atoms with Gasteiger partial charge in [-0.15, -0.1) is 0 Å². The quantitative estimate of drug-likeness (QED) is 0.799. The number of aliphatic hydroxyl groups excluding tert-OH is 1. The molecule has 0 radical (unpaired) electrons. The van der Waals surface area contributed by atoms with E-state index in [2.05, 4.69) is 14.7 Å². The van der Waals surface area contributed by atoms with Crippen LogP contribution >= 0.6 is 0 Å². The van der Waals surface area contributed by atoms with E-state index in [4.69, 9.17) is 9.15 Å². The van der Waals surface area contributed by atoms with Gasteiger partial charge in [0, 0.05) is 52.4 Å². The van der Waals surface area contributed by atoms with E-state index in [-0.39, 0.29) is 11.9 Å². The van der Waals surface area contributed by atoms with Gasteiger partial charge in [-0.25, -0.2) is 4.39 Å². The van der Waals surface area contributed by atoms with Crippen molar-refractivity contribution in [3.05, 3.63) is 53.7 Å². The molecule has 0 aliphatic carbocycles. The van der Waals surface area contributed by atoms with E-state index in [0.717, 1.165) is 50.7 Å². The first-order chi connectivity index (χ1) is 14.1. The number of anilines is 1. The normalized spacial score (nSPS) is 24.2. The Hall–Kier alpha value is -1.93. The second-order valence-electron chi connectivity index (χ2n) is 7.93. The number of nitrogens with zero attached hydrogens (tertiary/aromatic N) is 3. The van der Waals surface area contributed by atoms with Crippen LogP contribution in [-0.2, 0) is 17.9 Å². The van der Waals surface area contributed by atoms with Crippen molar-refractivity contribution in [2.45, 2.75) is 31.7 Å². The Morgan fingerprint density at radius 1 is 1.07 bits per heavy atom. The van der Waals surface area contributed by atoms with Crippen LogP contribution in [0.1, 0.15) is 17.9 Å². The third-order valence-electron chi connectivity index (χ3n) is 5.99. The number of β-amino-alcohol motifs (C(OH)–C–C–N with tert-alkyl or cyclic N) is 1. The number of halogens is 1. The Morgan fingerprint density at radius 3 is 2.55 bits per heavy atom. The molecule has 29 heavy (non-hydrogen) atoms. The summed E-state index contributed by atoms with van der Waals surface area (Å²) in [6, 6.07) is 11.0. The summed E-state index contributed by atoms with van der Waals surface area (Å²) in [4.78, 5) is 6.71. The molecule has 0 unspecified atom stereocenters. The molecule has 1 N–H and O–H groups in total. The van der Waals surface area contributed by atoms with Gasteiger partial charge in [0.15, 0.2) is 0 Å². The second kappa shape index (κ2) is 9.26. The minimum absolute atomic E-state index is 0.162. The summed E-state index contributed by atoms with van der Waals surface area (Å²) in [7, 11) is 1.65. The summed E-state index contributed by atoms with van der Waals surface area (Å²) in [6.45, 7) is 5.99. The average molecular weight is 403 g/mol. The van der Waals surface area contributed by atoms with Crippen LogP contribution in [0, 0.1) is 5.82 Å². The van der Waals surface area contributed by atoms with Crippen molar-refractivity contribution in [3.8, 4) is 0 Å². The van der Waals surface area contributed by atoms with Gasteiger partial charge in [0.25, 0.3) is 0 Å². The van der Waals surface area contributed by atoms with E-state index in [9.17, 15) is 9.50 Å². The minimum atomic E-state index is -0.392. The SMILES string of the molecule is COCc1ccc(CN2CC[C@H](N3CCN(c4ccccc4F)CC3)[C@@H](O)C2)o1. The Balaban J connectivity index is 1.27. The fourth-order valence-electron chi connectivity index (χ4n) is 4.50.